The van der Waals surface area contributed by atoms with Gasteiger partial charge in [0.05, 0.1) is 12.2 Å². The third-order valence-electron chi connectivity index (χ3n) is 5.11. The van der Waals surface area contributed by atoms with Crippen molar-refractivity contribution < 1.29 is 9.13 Å². The Bertz CT molecular complexity index is 907. The fourth-order valence-electron chi connectivity index (χ4n) is 3.39. The van der Waals surface area contributed by atoms with Gasteiger partial charge >= 0.3 is 0 Å². The van der Waals surface area contributed by atoms with Crippen molar-refractivity contribution in [2.45, 2.75) is 46.5 Å². The molecule has 3 aromatic rings. The van der Waals surface area contributed by atoms with Gasteiger partial charge in [-0.2, -0.15) is 0 Å². The Hall–Kier alpha value is -2.75. The van der Waals surface area contributed by atoms with E-state index in [4.69, 9.17) is 4.74 Å². The van der Waals surface area contributed by atoms with Crippen LogP contribution in [0.1, 0.15) is 45.1 Å². The molecule has 0 aliphatic heterocycles. The minimum atomic E-state index is -0.370. The highest BCUT2D eigenvalue weighted by Gasteiger charge is 2.10. The number of hydrogen-bond donors (Lipinski definition) is 0. The zero-order valence-corrected chi connectivity index (χ0v) is 17.5. The molecule has 0 saturated heterocycles. The molecule has 1 heterocycles. The van der Waals surface area contributed by atoms with Crippen molar-refractivity contribution in [2.75, 3.05) is 6.61 Å². The summed E-state index contributed by atoms with van der Waals surface area (Å²) in [6.07, 6.45) is 8.03. The van der Waals surface area contributed by atoms with Gasteiger partial charge in [-0.15, -0.1) is 0 Å². The first kappa shape index (κ1) is 21.0. The lowest BCUT2D eigenvalue weighted by atomic mass is 10.0. The number of rotatable bonds is 9. The zero-order chi connectivity index (χ0) is 20.6. The summed E-state index contributed by atoms with van der Waals surface area (Å²) in [6.45, 7) is 7.13. The Morgan fingerprint density at radius 1 is 0.966 bits per heavy atom. The summed E-state index contributed by atoms with van der Waals surface area (Å²) in [6, 6.07) is 13.0. The topological polar surface area (TPSA) is 35.0 Å². The molecule has 0 N–H and O–H groups in total. The van der Waals surface area contributed by atoms with Crippen LogP contribution in [0.5, 0.6) is 5.75 Å². The largest absolute Gasteiger partial charge is 0.493 e. The van der Waals surface area contributed by atoms with Crippen LogP contribution >= 0.6 is 0 Å². The molecule has 0 aliphatic carbocycles. The first-order chi connectivity index (χ1) is 14.1. The van der Waals surface area contributed by atoms with E-state index >= 15 is 0 Å². The summed E-state index contributed by atoms with van der Waals surface area (Å²) in [5.74, 6) is 1.26. The molecule has 3 nitrogen and oxygen atoms in total. The van der Waals surface area contributed by atoms with Crippen LogP contribution in [0.4, 0.5) is 4.39 Å². The molecular weight excluding hydrogens is 363 g/mol. The van der Waals surface area contributed by atoms with Crippen molar-refractivity contribution in [3.8, 4) is 28.3 Å². The Balaban J connectivity index is 1.62. The summed E-state index contributed by atoms with van der Waals surface area (Å²) >= 11 is 0. The van der Waals surface area contributed by atoms with Crippen LogP contribution in [0.15, 0.2) is 54.9 Å². The van der Waals surface area contributed by atoms with Gasteiger partial charge in [0.15, 0.2) is 5.82 Å². The van der Waals surface area contributed by atoms with E-state index in [9.17, 15) is 4.39 Å². The number of aryl methyl sites for hydroxylation is 1. The maximum Gasteiger partial charge on any atom is 0.162 e. The lowest BCUT2D eigenvalue weighted by Crippen LogP contribution is -2.02. The van der Waals surface area contributed by atoms with Crippen LogP contribution in [-0.2, 0) is 0 Å². The molecule has 0 fully saturated rings. The molecule has 2 aromatic carbocycles. The van der Waals surface area contributed by atoms with Crippen molar-refractivity contribution in [3.05, 3.63) is 66.2 Å². The van der Waals surface area contributed by atoms with E-state index in [1.807, 2.05) is 31.2 Å². The van der Waals surface area contributed by atoms with Crippen molar-refractivity contribution in [3.63, 3.8) is 0 Å². The summed E-state index contributed by atoms with van der Waals surface area (Å²) in [5, 5.41) is 0. The molecule has 0 amide bonds. The van der Waals surface area contributed by atoms with Crippen LogP contribution in [0, 0.1) is 18.7 Å². The minimum absolute atomic E-state index is 0.370. The third-order valence-corrected chi connectivity index (χ3v) is 5.11. The Morgan fingerprint density at radius 3 is 2.34 bits per heavy atom. The third kappa shape index (κ3) is 5.86. The average Bonchev–Trinajstić information content (AvgIpc) is 2.72. The highest BCUT2D eigenvalue weighted by molar-refractivity contribution is 5.64. The van der Waals surface area contributed by atoms with E-state index in [0.717, 1.165) is 24.0 Å². The molecule has 0 radical (unpaired) electrons. The Morgan fingerprint density at radius 2 is 1.69 bits per heavy atom. The summed E-state index contributed by atoms with van der Waals surface area (Å²) < 4.78 is 20.3. The smallest absolute Gasteiger partial charge is 0.162 e. The van der Waals surface area contributed by atoms with Crippen LogP contribution in [0.3, 0.4) is 0 Å². The van der Waals surface area contributed by atoms with Gasteiger partial charge in [-0.3, -0.25) is 0 Å². The predicted octanol–water partition coefficient (Wildman–Crippen LogP) is 6.85. The maximum absolute atomic E-state index is 14.6. The predicted molar refractivity (Wildman–Crippen MR) is 116 cm³/mol. The first-order valence-electron chi connectivity index (χ1n) is 10.4. The van der Waals surface area contributed by atoms with Gasteiger partial charge < -0.3 is 4.74 Å². The van der Waals surface area contributed by atoms with Crippen LogP contribution < -0.4 is 4.74 Å². The quantitative estimate of drug-likeness (QED) is 0.373. The van der Waals surface area contributed by atoms with Gasteiger partial charge in [0.1, 0.15) is 11.6 Å². The standard InChI is InChI=1S/C25H29FN2O/c1-4-6-18(2)7-5-14-29-22-12-13-23(24(26)15-22)25-27-16-21(17-28-25)20-10-8-19(3)9-11-20/h8-13,15-18H,4-7,14H2,1-3H3. The van der Waals surface area contributed by atoms with Crippen molar-refractivity contribution in [2.24, 2.45) is 5.92 Å². The second-order valence-corrected chi connectivity index (χ2v) is 7.69. The van der Waals surface area contributed by atoms with E-state index < -0.39 is 0 Å². The molecule has 0 bridgehead atoms. The molecule has 1 atom stereocenters. The van der Waals surface area contributed by atoms with Gasteiger partial charge in [0, 0.05) is 24.0 Å². The molecule has 3 rings (SSSR count). The van der Waals surface area contributed by atoms with Crippen LogP contribution in [0.25, 0.3) is 22.5 Å². The number of hydrogen-bond acceptors (Lipinski definition) is 3. The lowest BCUT2D eigenvalue weighted by Gasteiger charge is -2.11. The van der Waals surface area contributed by atoms with Gasteiger partial charge in [-0.05, 0) is 43.4 Å². The monoisotopic (exact) mass is 392 g/mol. The second-order valence-electron chi connectivity index (χ2n) is 7.69. The minimum Gasteiger partial charge on any atom is -0.493 e. The summed E-state index contributed by atoms with van der Waals surface area (Å²) in [5.41, 5.74) is 3.53. The molecule has 1 aromatic heterocycles. The van der Waals surface area contributed by atoms with E-state index in [1.54, 1.807) is 24.5 Å². The summed E-state index contributed by atoms with van der Waals surface area (Å²) in [4.78, 5) is 8.72. The fraction of sp³-hybridized carbons (Fsp3) is 0.360. The number of ether oxygens (including phenoxy) is 1. The average molecular weight is 393 g/mol. The second kappa shape index (κ2) is 10.1. The van der Waals surface area contributed by atoms with Gasteiger partial charge in [0.2, 0.25) is 0 Å². The van der Waals surface area contributed by atoms with Gasteiger partial charge in [-0.1, -0.05) is 56.5 Å². The van der Waals surface area contributed by atoms with Crippen molar-refractivity contribution >= 4 is 0 Å². The number of aromatic nitrogens is 2. The number of benzene rings is 2. The Kier molecular flexibility index (Phi) is 7.34. The molecule has 152 valence electrons. The van der Waals surface area contributed by atoms with Crippen LogP contribution in [-0.4, -0.2) is 16.6 Å². The van der Waals surface area contributed by atoms with E-state index in [0.29, 0.717) is 29.7 Å². The zero-order valence-electron chi connectivity index (χ0n) is 17.5. The van der Waals surface area contributed by atoms with E-state index in [-0.39, 0.29) is 5.82 Å². The fourth-order valence-corrected chi connectivity index (χ4v) is 3.39. The van der Waals surface area contributed by atoms with E-state index in [2.05, 4.69) is 23.8 Å². The SMILES string of the molecule is CCCC(C)CCCOc1ccc(-c2ncc(-c3ccc(C)cc3)cn2)c(F)c1. The number of halogens is 1. The Labute approximate surface area is 173 Å². The first-order valence-corrected chi connectivity index (χ1v) is 10.4. The van der Waals surface area contributed by atoms with Crippen molar-refractivity contribution in [1.29, 1.82) is 0 Å². The highest BCUT2D eigenvalue weighted by Crippen LogP contribution is 2.25. The maximum atomic E-state index is 14.6. The molecule has 1 unspecified atom stereocenters. The van der Waals surface area contributed by atoms with Crippen molar-refractivity contribution in [1.82, 2.24) is 9.97 Å². The summed E-state index contributed by atoms with van der Waals surface area (Å²) in [7, 11) is 0. The number of nitrogens with zero attached hydrogens (tertiary/aromatic N) is 2. The van der Waals surface area contributed by atoms with Gasteiger partial charge in [-0.25, -0.2) is 14.4 Å². The molecular formula is C25H29FN2O. The molecule has 0 aliphatic rings. The molecule has 29 heavy (non-hydrogen) atoms. The molecule has 4 heteroatoms. The highest BCUT2D eigenvalue weighted by atomic mass is 19.1. The molecule has 0 saturated carbocycles. The van der Waals surface area contributed by atoms with E-state index in [1.165, 1.54) is 24.5 Å². The normalized spacial score (nSPS) is 12.0. The molecule has 0 spiro atoms. The van der Waals surface area contributed by atoms with Crippen LogP contribution in [0.2, 0.25) is 0 Å². The van der Waals surface area contributed by atoms with Gasteiger partial charge in [0.25, 0.3) is 0 Å². The lowest BCUT2D eigenvalue weighted by molar-refractivity contribution is 0.291.